The van der Waals surface area contributed by atoms with Crippen LogP contribution < -0.4 is 0 Å². The molecule has 2 heterocycles. The van der Waals surface area contributed by atoms with Crippen molar-refractivity contribution in [3.63, 3.8) is 0 Å². The number of pyridine rings is 1. The first-order valence-electron chi connectivity index (χ1n) is 12.9. The quantitative estimate of drug-likeness (QED) is 0.701. The second-order valence-electron chi connectivity index (χ2n) is 12.2. The van der Waals surface area contributed by atoms with E-state index in [-0.39, 0.29) is 29.0 Å². The van der Waals surface area contributed by atoms with Gasteiger partial charge in [-0.25, -0.2) is 4.39 Å². The summed E-state index contributed by atoms with van der Waals surface area (Å²) in [6.45, 7) is 4.48. The fourth-order valence-electron chi connectivity index (χ4n) is 8.81. The Labute approximate surface area is 195 Å². The number of hydrogen-bond donors (Lipinski definition) is 1. The van der Waals surface area contributed by atoms with E-state index >= 15 is 4.39 Å². The zero-order valence-electron chi connectivity index (χ0n) is 19.8. The van der Waals surface area contributed by atoms with Gasteiger partial charge in [-0.3, -0.25) is 14.5 Å². The third-order valence-electron chi connectivity index (χ3n) is 10.5. The first-order chi connectivity index (χ1) is 15.7. The largest absolute Gasteiger partial charge is 0.390 e. The highest BCUT2D eigenvalue weighted by Crippen LogP contribution is 2.66. The Morgan fingerprint density at radius 1 is 1.12 bits per heavy atom. The van der Waals surface area contributed by atoms with Gasteiger partial charge >= 0.3 is 0 Å². The molecule has 0 bridgehead atoms. The van der Waals surface area contributed by atoms with Crippen molar-refractivity contribution in [2.75, 3.05) is 0 Å². The number of fused-ring (bicyclic) bond motifs is 6. The average molecular weight is 454 g/mol. The van der Waals surface area contributed by atoms with Gasteiger partial charge < -0.3 is 5.11 Å². The molecular weight excluding hydrogens is 417 g/mol. The number of Topliss-reactive ketones (excluding diaryl/α,β-unsaturated/α-hetero) is 1. The number of aliphatic hydroxyl groups is 1. The number of aromatic nitrogens is 3. The molecule has 5 nitrogen and oxygen atoms in total. The average Bonchev–Trinajstić information content (AvgIpc) is 3.35. The van der Waals surface area contributed by atoms with Gasteiger partial charge in [0.15, 0.2) is 5.78 Å². The van der Waals surface area contributed by atoms with E-state index in [1.807, 2.05) is 13.0 Å². The van der Waals surface area contributed by atoms with Crippen molar-refractivity contribution in [2.45, 2.75) is 89.4 Å². The number of carbonyl (C=O) groups is 1. The Bertz CT molecular complexity index is 1080. The maximum atomic E-state index is 16.5. The Morgan fingerprint density at radius 2 is 1.97 bits per heavy atom. The minimum atomic E-state index is -1.13. The zero-order valence-corrected chi connectivity index (χ0v) is 19.8. The fraction of sp³-hybridized carbons (Fsp3) is 0.741. The van der Waals surface area contributed by atoms with Crippen LogP contribution in [0.3, 0.4) is 0 Å². The molecule has 0 aliphatic heterocycles. The van der Waals surface area contributed by atoms with E-state index in [2.05, 4.69) is 17.0 Å². The second-order valence-corrected chi connectivity index (χ2v) is 12.2. The summed E-state index contributed by atoms with van der Waals surface area (Å²) in [6.07, 6.45) is 12.7. The molecule has 33 heavy (non-hydrogen) atoms. The molecule has 4 aliphatic carbocycles. The lowest BCUT2D eigenvalue weighted by molar-refractivity contribution is -0.165. The normalized spacial score (nSPS) is 44.8. The van der Waals surface area contributed by atoms with Crippen molar-refractivity contribution < 1.29 is 14.3 Å². The lowest BCUT2D eigenvalue weighted by atomic mass is 9.48. The summed E-state index contributed by atoms with van der Waals surface area (Å²) < 4.78 is 18.3. The molecule has 0 spiro atoms. The number of ketones is 1. The molecule has 8 atom stereocenters. The van der Waals surface area contributed by atoms with Gasteiger partial charge in [0.25, 0.3) is 0 Å². The first kappa shape index (κ1) is 21.7. The van der Waals surface area contributed by atoms with Crippen LogP contribution >= 0.6 is 0 Å². The van der Waals surface area contributed by atoms with Crippen molar-refractivity contribution in [1.29, 1.82) is 0 Å². The van der Waals surface area contributed by atoms with Crippen molar-refractivity contribution in [3.8, 4) is 0 Å². The zero-order chi connectivity index (χ0) is 23.0. The second kappa shape index (κ2) is 7.34. The number of nitrogens with zero attached hydrogens (tertiary/aromatic N) is 3. The molecule has 1 unspecified atom stereocenters. The van der Waals surface area contributed by atoms with E-state index in [1.54, 1.807) is 23.3 Å². The van der Waals surface area contributed by atoms with E-state index in [1.165, 1.54) is 0 Å². The minimum Gasteiger partial charge on any atom is -0.390 e. The molecule has 2 aromatic heterocycles. The Morgan fingerprint density at radius 3 is 2.82 bits per heavy atom. The number of hydrogen-bond acceptors (Lipinski definition) is 4. The van der Waals surface area contributed by atoms with Gasteiger partial charge in [-0.15, -0.1) is 0 Å². The van der Waals surface area contributed by atoms with Gasteiger partial charge in [-0.1, -0.05) is 6.92 Å². The molecule has 4 fully saturated rings. The molecule has 2 aromatic rings. The smallest absolute Gasteiger partial charge is 0.157 e. The van der Waals surface area contributed by atoms with E-state index in [4.69, 9.17) is 0 Å². The fourth-order valence-corrected chi connectivity index (χ4v) is 8.81. The highest BCUT2D eigenvalue weighted by molar-refractivity contribution is 5.84. The maximum Gasteiger partial charge on any atom is 0.157 e. The van der Waals surface area contributed by atoms with Crippen molar-refractivity contribution in [1.82, 2.24) is 14.8 Å². The third kappa shape index (κ3) is 3.23. The van der Waals surface area contributed by atoms with Crippen molar-refractivity contribution >= 4 is 16.7 Å². The van der Waals surface area contributed by atoms with Crippen LogP contribution in [0.15, 0.2) is 24.7 Å². The lowest BCUT2D eigenvalue weighted by Gasteiger charge is -2.59. The summed E-state index contributed by atoms with van der Waals surface area (Å²) in [4.78, 5) is 17.8. The van der Waals surface area contributed by atoms with Crippen molar-refractivity contribution in [3.05, 3.63) is 24.7 Å². The van der Waals surface area contributed by atoms with Gasteiger partial charge in [-0.2, -0.15) is 5.10 Å². The van der Waals surface area contributed by atoms with Gasteiger partial charge in [0.1, 0.15) is 12.2 Å². The summed E-state index contributed by atoms with van der Waals surface area (Å²) in [5.74, 6) is 1.19. The molecule has 1 N–H and O–H groups in total. The van der Waals surface area contributed by atoms with Crippen LogP contribution in [0.25, 0.3) is 10.9 Å². The van der Waals surface area contributed by atoms with Crippen molar-refractivity contribution in [2.24, 2.45) is 35.0 Å². The Hall–Kier alpha value is -1.82. The number of alkyl halides is 1. The van der Waals surface area contributed by atoms with Gasteiger partial charge in [0.2, 0.25) is 0 Å². The van der Waals surface area contributed by atoms with Crippen LogP contribution in [0.1, 0.15) is 71.6 Å². The maximum absolute atomic E-state index is 16.5. The van der Waals surface area contributed by atoms with Crippen LogP contribution in [0.4, 0.5) is 4.39 Å². The Kier molecular flexibility index (Phi) is 4.82. The Balaban J connectivity index is 1.22. The predicted molar refractivity (Wildman–Crippen MR) is 124 cm³/mol. The monoisotopic (exact) mass is 453 g/mol. The van der Waals surface area contributed by atoms with E-state index in [0.29, 0.717) is 37.6 Å². The minimum absolute atomic E-state index is 0.00704. The summed E-state index contributed by atoms with van der Waals surface area (Å²) in [5, 5.41) is 16.0. The van der Waals surface area contributed by atoms with Crippen LogP contribution in [-0.4, -0.2) is 36.9 Å². The topological polar surface area (TPSA) is 68.0 Å². The molecule has 0 saturated heterocycles. The number of halogens is 1. The first-order valence-corrected chi connectivity index (χ1v) is 12.9. The lowest BCUT2D eigenvalue weighted by Crippen LogP contribution is -2.58. The molecule has 4 aliphatic rings. The highest BCUT2D eigenvalue weighted by Gasteiger charge is 2.63. The SMILES string of the molecule is C[C@@]1(O)CC[C@@]2(F)[C@H](CC[C@H]3C4CC[C@H](C(=O)Cn5ncc6ccncc65)[C@@]4(C)CC[C@@H]32)C1. The van der Waals surface area contributed by atoms with Gasteiger partial charge in [-0.05, 0) is 99.9 Å². The molecule has 4 saturated carbocycles. The molecule has 6 heteroatoms. The predicted octanol–water partition coefficient (Wildman–Crippen LogP) is 5.11. The van der Waals surface area contributed by atoms with Gasteiger partial charge in [0.05, 0.1) is 23.5 Å². The standard InChI is InChI=1S/C27H36FN3O2/c1-25(33)10-11-27(28)18(13-25)3-4-19-20-5-6-22(26(20,2)9-7-21(19)27)24(32)16-31-23-15-29-12-8-17(23)14-30-31/h8,12,14-15,18-22,33H,3-7,9-11,13,16H2,1-2H3/t18-,19+,20?,21+,22-,25-,26+,27-/m1/s1. The van der Waals surface area contributed by atoms with Crippen LogP contribution in [0.5, 0.6) is 0 Å². The third-order valence-corrected chi connectivity index (χ3v) is 10.5. The number of carbonyl (C=O) groups excluding carboxylic acids is 1. The summed E-state index contributed by atoms with van der Waals surface area (Å²) in [5.41, 5.74) is -0.980. The summed E-state index contributed by atoms with van der Waals surface area (Å²) >= 11 is 0. The van der Waals surface area contributed by atoms with E-state index in [0.717, 1.165) is 49.4 Å². The summed E-state index contributed by atoms with van der Waals surface area (Å²) in [7, 11) is 0. The molecule has 0 amide bonds. The van der Waals surface area contributed by atoms with Gasteiger partial charge in [0, 0.05) is 17.5 Å². The molecular formula is C27H36FN3O2. The number of rotatable bonds is 3. The highest BCUT2D eigenvalue weighted by atomic mass is 19.1. The van der Waals surface area contributed by atoms with Crippen LogP contribution in [-0.2, 0) is 11.3 Å². The van der Waals surface area contributed by atoms with E-state index < -0.39 is 11.3 Å². The molecule has 0 aromatic carbocycles. The van der Waals surface area contributed by atoms with Crippen LogP contribution in [0.2, 0.25) is 0 Å². The molecule has 0 radical (unpaired) electrons. The van der Waals surface area contributed by atoms with Crippen LogP contribution in [0, 0.1) is 35.0 Å². The molecule has 6 rings (SSSR count). The van der Waals surface area contributed by atoms with E-state index in [9.17, 15) is 9.90 Å². The summed E-state index contributed by atoms with van der Waals surface area (Å²) in [6, 6.07) is 1.92. The molecule has 178 valence electrons.